The summed E-state index contributed by atoms with van der Waals surface area (Å²) in [7, 11) is 0. The van der Waals surface area contributed by atoms with E-state index in [0.29, 0.717) is 19.3 Å². The van der Waals surface area contributed by atoms with Gasteiger partial charge in [0.2, 0.25) is 0 Å². The molecule has 0 saturated heterocycles. The van der Waals surface area contributed by atoms with Gasteiger partial charge in [0, 0.05) is 24.0 Å². The van der Waals surface area contributed by atoms with E-state index in [-0.39, 0.29) is 0 Å². The number of hydrogen-bond donors (Lipinski definition) is 0. The Hall–Kier alpha value is -2.63. The molecule has 1 unspecified atom stereocenters. The molecule has 0 bridgehead atoms. The predicted octanol–water partition coefficient (Wildman–Crippen LogP) is 7.56. The summed E-state index contributed by atoms with van der Waals surface area (Å²) in [6, 6.07) is 19.8. The topological polar surface area (TPSA) is 30.9 Å². The zero-order valence-electron chi connectivity index (χ0n) is 21.6. The van der Waals surface area contributed by atoms with Crippen LogP contribution in [-0.4, -0.2) is 24.7 Å². The molecule has 0 aliphatic carbocycles. The number of hydrogen-bond acceptors (Lipinski definition) is 5. The van der Waals surface area contributed by atoms with E-state index in [0.717, 1.165) is 48.1 Å². The van der Waals surface area contributed by atoms with E-state index in [4.69, 9.17) is 13.7 Å². The van der Waals surface area contributed by atoms with Gasteiger partial charge in [-0.2, -0.15) is 0 Å². The molecule has 3 aliphatic rings. The number of rotatable bonds is 3. The minimum absolute atomic E-state index is 0.403. The second-order valence-electron chi connectivity index (χ2n) is 8.55. The molecule has 0 N–H and O–H groups in total. The molecule has 0 saturated carbocycles. The Kier molecular flexibility index (Phi) is 8.64. The summed E-state index contributed by atoms with van der Waals surface area (Å²) in [6.07, 6.45) is 2.07. The molecule has 3 aliphatic heterocycles. The van der Waals surface area contributed by atoms with Crippen LogP contribution in [0.25, 0.3) is 0 Å². The lowest BCUT2D eigenvalue weighted by Gasteiger charge is -2.42. The summed E-state index contributed by atoms with van der Waals surface area (Å²) in [5.74, 6) is 2.72. The SMILES string of the molecule is CC.CC.Cc1ccc(SOc2ccc3c(c2)CN2CCc4cc5c(cc4C2C3)OCCO5)cc1. The molecule has 35 heavy (non-hydrogen) atoms. The molecule has 0 spiro atoms. The third-order valence-electron chi connectivity index (χ3n) is 6.49. The Bertz CT molecular complexity index is 1130. The molecule has 0 amide bonds. The lowest BCUT2D eigenvalue weighted by Crippen LogP contribution is -2.39. The van der Waals surface area contributed by atoms with Crippen LogP contribution in [0, 0.1) is 6.92 Å². The highest BCUT2D eigenvalue weighted by molar-refractivity contribution is 7.95. The van der Waals surface area contributed by atoms with E-state index < -0.39 is 0 Å². The lowest BCUT2D eigenvalue weighted by molar-refractivity contribution is 0.153. The maximum atomic E-state index is 6.02. The molecule has 0 radical (unpaired) electrons. The van der Waals surface area contributed by atoms with Crippen molar-refractivity contribution in [3.63, 3.8) is 0 Å². The van der Waals surface area contributed by atoms with E-state index in [1.165, 1.54) is 39.9 Å². The van der Waals surface area contributed by atoms with Crippen molar-refractivity contribution in [3.05, 3.63) is 82.4 Å². The van der Waals surface area contributed by atoms with Gasteiger partial charge in [-0.15, -0.1) is 0 Å². The van der Waals surface area contributed by atoms with Crippen molar-refractivity contribution >= 4 is 12.0 Å². The van der Waals surface area contributed by atoms with Crippen molar-refractivity contribution in [1.82, 2.24) is 4.90 Å². The van der Waals surface area contributed by atoms with Gasteiger partial charge >= 0.3 is 0 Å². The second-order valence-corrected chi connectivity index (χ2v) is 9.35. The highest BCUT2D eigenvalue weighted by atomic mass is 32.2. The zero-order chi connectivity index (χ0) is 24.8. The highest BCUT2D eigenvalue weighted by Gasteiger charge is 2.33. The lowest BCUT2D eigenvalue weighted by atomic mass is 9.84. The molecule has 5 heteroatoms. The Morgan fingerprint density at radius 1 is 0.829 bits per heavy atom. The van der Waals surface area contributed by atoms with Crippen molar-refractivity contribution in [2.45, 2.75) is 64.9 Å². The third kappa shape index (κ3) is 5.62. The Morgan fingerprint density at radius 2 is 1.54 bits per heavy atom. The van der Waals surface area contributed by atoms with Gasteiger partial charge in [-0.05, 0) is 78.4 Å². The van der Waals surface area contributed by atoms with Crippen molar-refractivity contribution in [1.29, 1.82) is 0 Å². The van der Waals surface area contributed by atoms with Crippen LogP contribution in [-0.2, 0) is 19.4 Å². The Balaban J connectivity index is 0.000000689. The summed E-state index contributed by atoms with van der Waals surface area (Å²) in [6.45, 7) is 13.4. The molecule has 3 aromatic rings. The molecule has 3 heterocycles. The van der Waals surface area contributed by atoms with Gasteiger partial charge in [0.1, 0.15) is 19.0 Å². The quantitative estimate of drug-likeness (QED) is 0.353. The van der Waals surface area contributed by atoms with Gasteiger partial charge < -0.3 is 13.7 Å². The number of aryl methyl sites for hydroxylation is 1. The fourth-order valence-corrected chi connectivity index (χ4v) is 5.38. The highest BCUT2D eigenvalue weighted by Crippen LogP contribution is 2.43. The maximum Gasteiger partial charge on any atom is 0.161 e. The van der Waals surface area contributed by atoms with Gasteiger partial charge in [0.25, 0.3) is 0 Å². The molecule has 1 atom stereocenters. The van der Waals surface area contributed by atoms with E-state index in [2.05, 4.69) is 66.4 Å². The summed E-state index contributed by atoms with van der Waals surface area (Å²) in [4.78, 5) is 3.71. The minimum atomic E-state index is 0.403. The molecule has 3 aromatic carbocycles. The standard InChI is InChI=1S/C26H25NO3S.2C2H6/c1-17-2-6-22(7-3-17)31-30-21-5-4-18-13-24-23-15-26-25(28-10-11-29-26)14-19(23)8-9-27(24)16-20(18)12-21;2*1-2/h2-7,12,14-15,24H,8-11,13,16H2,1H3;2*1-2H3. The smallest absolute Gasteiger partial charge is 0.161 e. The zero-order valence-corrected chi connectivity index (χ0v) is 22.4. The fraction of sp³-hybridized carbons (Fsp3) is 0.400. The maximum absolute atomic E-state index is 6.02. The van der Waals surface area contributed by atoms with Gasteiger partial charge in [-0.1, -0.05) is 51.5 Å². The van der Waals surface area contributed by atoms with Crippen LogP contribution in [0.5, 0.6) is 17.2 Å². The first-order valence-corrected chi connectivity index (χ1v) is 13.7. The second kappa shape index (κ2) is 11.9. The first-order chi connectivity index (χ1) is 17.2. The average molecular weight is 492 g/mol. The summed E-state index contributed by atoms with van der Waals surface area (Å²) >= 11 is 1.42. The van der Waals surface area contributed by atoms with Gasteiger partial charge in [-0.25, -0.2) is 0 Å². The largest absolute Gasteiger partial charge is 0.486 e. The van der Waals surface area contributed by atoms with Crippen LogP contribution in [0.15, 0.2) is 59.5 Å². The van der Waals surface area contributed by atoms with Crippen LogP contribution in [0.4, 0.5) is 0 Å². The van der Waals surface area contributed by atoms with E-state index in [1.54, 1.807) is 0 Å². The number of fused-ring (bicyclic) bond motifs is 5. The van der Waals surface area contributed by atoms with Crippen LogP contribution in [0.1, 0.15) is 61.6 Å². The van der Waals surface area contributed by atoms with Crippen LogP contribution in [0.3, 0.4) is 0 Å². The summed E-state index contributed by atoms with van der Waals surface area (Å²) in [5, 5.41) is 0. The monoisotopic (exact) mass is 491 g/mol. The summed E-state index contributed by atoms with van der Waals surface area (Å²) < 4.78 is 17.7. The molecular weight excluding hydrogens is 454 g/mol. The minimum Gasteiger partial charge on any atom is -0.486 e. The van der Waals surface area contributed by atoms with Crippen molar-refractivity contribution < 1.29 is 13.7 Å². The Morgan fingerprint density at radius 3 is 2.29 bits per heavy atom. The first-order valence-electron chi connectivity index (χ1n) is 12.9. The van der Waals surface area contributed by atoms with Crippen LogP contribution < -0.4 is 13.7 Å². The third-order valence-corrected chi connectivity index (χ3v) is 7.23. The van der Waals surface area contributed by atoms with Gasteiger partial charge in [-0.3, -0.25) is 4.90 Å². The van der Waals surface area contributed by atoms with E-state index in [9.17, 15) is 0 Å². The Labute approximate surface area is 214 Å². The van der Waals surface area contributed by atoms with Crippen LogP contribution in [0.2, 0.25) is 0 Å². The van der Waals surface area contributed by atoms with E-state index in [1.807, 2.05) is 27.7 Å². The molecular formula is C30H37NO3S. The van der Waals surface area contributed by atoms with Crippen molar-refractivity contribution in [2.24, 2.45) is 0 Å². The molecule has 186 valence electrons. The van der Waals surface area contributed by atoms with Gasteiger partial charge in [0.05, 0.1) is 12.0 Å². The first kappa shape index (κ1) is 25.5. The number of nitrogens with zero attached hydrogens (tertiary/aromatic N) is 1. The normalized spacial score (nSPS) is 17.3. The molecule has 4 nitrogen and oxygen atoms in total. The number of ether oxygens (including phenoxy) is 2. The van der Waals surface area contributed by atoms with Crippen molar-refractivity contribution in [2.75, 3.05) is 19.8 Å². The molecule has 0 fully saturated rings. The van der Waals surface area contributed by atoms with Gasteiger partial charge in [0.15, 0.2) is 11.5 Å². The van der Waals surface area contributed by atoms with Crippen molar-refractivity contribution in [3.8, 4) is 17.2 Å². The molecule has 6 rings (SSSR count). The average Bonchev–Trinajstić information content (AvgIpc) is 2.92. The fourth-order valence-electron chi connectivity index (χ4n) is 4.84. The predicted molar refractivity (Wildman–Crippen MR) is 145 cm³/mol. The summed E-state index contributed by atoms with van der Waals surface area (Å²) in [5.41, 5.74) is 6.85. The van der Waals surface area contributed by atoms with E-state index >= 15 is 0 Å². The number of benzene rings is 3. The molecule has 0 aromatic heterocycles. The van der Waals surface area contributed by atoms with Crippen LogP contribution >= 0.6 is 12.0 Å².